The van der Waals surface area contributed by atoms with Crippen LogP contribution >= 0.6 is 0 Å². The molecule has 0 aromatic heterocycles. The van der Waals surface area contributed by atoms with Crippen molar-refractivity contribution in [2.24, 2.45) is 5.92 Å². The minimum absolute atomic E-state index is 0.0483. The zero-order valence-corrected chi connectivity index (χ0v) is 13.4. The summed E-state index contributed by atoms with van der Waals surface area (Å²) in [6.45, 7) is 4.56. The molecule has 118 valence electrons. The van der Waals surface area contributed by atoms with Gasteiger partial charge in [0.15, 0.2) is 0 Å². The van der Waals surface area contributed by atoms with Crippen LogP contribution in [0.3, 0.4) is 0 Å². The molecule has 1 saturated heterocycles. The van der Waals surface area contributed by atoms with Gasteiger partial charge < -0.3 is 10.2 Å². The van der Waals surface area contributed by atoms with Gasteiger partial charge in [0.1, 0.15) is 0 Å². The van der Waals surface area contributed by atoms with Gasteiger partial charge in [-0.3, -0.25) is 9.59 Å². The van der Waals surface area contributed by atoms with Crippen molar-refractivity contribution in [1.29, 1.82) is 0 Å². The lowest BCUT2D eigenvalue weighted by atomic mass is 10.1. The Kier molecular flexibility index (Phi) is 4.19. The molecular formula is C18H24N2O2. The summed E-state index contributed by atoms with van der Waals surface area (Å²) in [7, 11) is 0. The molecule has 1 aliphatic carbocycles. The van der Waals surface area contributed by atoms with Crippen LogP contribution in [0.2, 0.25) is 0 Å². The number of hydrogen-bond acceptors (Lipinski definition) is 2. The maximum Gasteiger partial charge on any atom is 0.227 e. The first-order valence-corrected chi connectivity index (χ1v) is 8.22. The number of rotatable bonds is 3. The van der Waals surface area contributed by atoms with Crippen molar-refractivity contribution in [2.45, 2.75) is 52.0 Å². The third kappa shape index (κ3) is 3.16. The van der Waals surface area contributed by atoms with Crippen LogP contribution in [0, 0.1) is 19.8 Å². The van der Waals surface area contributed by atoms with Crippen molar-refractivity contribution in [2.75, 3.05) is 11.4 Å². The second-order valence-electron chi connectivity index (χ2n) is 6.74. The van der Waals surface area contributed by atoms with Crippen LogP contribution in [0.15, 0.2) is 18.2 Å². The number of benzene rings is 1. The molecule has 2 fully saturated rings. The Labute approximate surface area is 131 Å². The highest BCUT2D eigenvalue weighted by Gasteiger charge is 2.36. The molecule has 0 bridgehead atoms. The summed E-state index contributed by atoms with van der Waals surface area (Å²) < 4.78 is 0. The molecule has 2 aliphatic rings. The number of amides is 2. The van der Waals surface area contributed by atoms with Crippen molar-refractivity contribution in [3.63, 3.8) is 0 Å². The van der Waals surface area contributed by atoms with Crippen molar-refractivity contribution in [3.05, 3.63) is 29.3 Å². The number of carbonyl (C=O) groups excluding carboxylic acids is 2. The van der Waals surface area contributed by atoms with Gasteiger partial charge in [0, 0.05) is 24.7 Å². The molecule has 1 aromatic rings. The van der Waals surface area contributed by atoms with Crippen molar-refractivity contribution >= 4 is 17.5 Å². The Morgan fingerprint density at radius 2 is 1.77 bits per heavy atom. The molecule has 0 radical (unpaired) electrons. The molecule has 1 aliphatic heterocycles. The lowest BCUT2D eigenvalue weighted by Gasteiger charge is -2.19. The van der Waals surface area contributed by atoms with E-state index in [9.17, 15) is 9.59 Å². The Hall–Kier alpha value is -1.84. The molecule has 2 amide bonds. The zero-order valence-electron chi connectivity index (χ0n) is 13.4. The van der Waals surface area contributed by atoms with Gasteiger partial charge >= 0.3 is 0 Å². The van der Waals surface area contributed by atoms with Crippen LogP contribution in [-0.2, 0) is 9.59 Å². The highest BCUT2D eigenvalue weighted by molar-refractivity contribution is 6.00. The molecule has 1 aromatic carbocycles. The van der Waals surface area contributed by atoms with E-state index in [0.717, 1.165) is 29.7 Å². The average molecular weight is 300 g/mol. The fourth-order valence-electron chi connectivity index (χ4n) is 3.63. The van der Waals surface area contributed by atoms with E-state index in [2.05, 4.69) is 11.4 Å². The summed E-state index contributed by atoms with van der Waals surface area (Å²) in [5, 5.41) is 3.12. The monoisotopic (exact) mass is 300 g/mol. The van der Waals surface area contributed by atoms with E-state index in [-0.39, 0.29) is 17.7 Å². The molecule has 4 nitrogen and oxygen atoms in total. The molecule has 1 unspecified atom stereocenters. The highest BCUT2D eigenvalue weighted by Crippen LogP contribution is 2.27. The smallest absolute Gasteiger partial charge is 0.227 e. The number of anilines is 1. The largest absolute Gasteiger partial charge is 0.353 e. The van der Waals surface area contributed by atoms with Gasteiger partial charge in [0.25, 0.3) is 0 Å². The van der Waals surface area contributed by atoms with Gasteiger partial charge in [-0.15, -0.1) is 0 Å². The van der Waals surface area contributed by atoms with E-state index >= 15 is 0 Å². The normalized spacial score (nSPS) is 22.4. The van der Waals surface area contributed by atoms with Crippen molar-refractivity contribution < 1.29 is 9.59 Å². The van der Waals surface area contributed by atoms with E-state index in [0.29, 0.717) is 19.0 Å². The van der Waals surface area contributed by atoms with Crippen LogP contribution in [0.25, 0.3) is 0 Å². The first-order chi connectivity index (χ1) is 10.5. The van der Waals surface area contributed by atoms with E-state index in [1.807, 2.05) is 26.0 Å². The van der Waals surface area contributed by atoms with Gasteiger partial charge in [-0.1, -0.05) is 18.9 Å². The van der Waals surface area contributed by atoms with Crippen molar-refractivity contribution in [1.82, 2.24) is 5.32 Å². The number of aryl methyl sites for hydroxylation is 2. The van der Waals surface area contributed by atoms with Crippen LogP contribution in [0.1, 0.15) is 43.2 Å². The number of hydrogen-bond donors (Lipinski definition) is 1. The fraction of sp³-hybridized carbons (Fsp3) is 0.556. The molecule has 3 rings (SSSR count). The summed E-state index contributed by atoms with van der Waals surface area (Å²) in [4.78, 5) is 26.4. The maximum atomic E-state index is 12.4. The van der Waals surface area contributed by atoms with Gasteiger partial charge in [-0.25, -0.2) is 0 Å². The summed E-state index contributed by atoms with van der Waals surface area (Å²) in [6.07, 6.45) is 4.87. The molecule has 0 spiro atoms. The highest BCUT2D eigenvalue weighted by atomic mass is 16.2. The molecular weight excluding hydrogens is 276 g/mol. The molecule has 22 heavy (non-hydrogen) atoms. The quantitative estimate of drug-likeness (QED) is 0.933. The van der Waals surface area contributed by atoms with Gasteiger partial charge in [0.05, 0.1) is 5.92 Å². The summed E-state index contributed by atoms with van der Waals surface area (Å²) in [6, 6.07) is 6.44. The van der Waals surface area contributed by atoms with E-state index in [1.165, 1.54) is 12.8 Å². The molecule has 1 heterocycles. The van der Waals surface area contributed by atoms with Gasteiger partial charge in [-0.05, 0) is 49.9 Å². The molecule has 1 N–H and O–H groups in total. The SMILES string of the molecule is Cc1cc(C)cc(N2CC(C(=O)NC3CCCC3)CC2=O)c1. The number of nitrogens with one attached hydrogen (secondary N) is 1. The third-order valence-electron chi connectivity index (χ3n) is 4.72. The Morgan fingerprint density at radius 1 is 1.14 bits per heavy atom. The predicted octanol–water partition coefficient (Wildman–Crippen LogP) is 2.72. The second-order valence-corrected chi connectivity index (χ2v) is 6.74. The zero-order chi connectivity index (χ0) is 15.7. The molecule has 4 heteroatoms. The summed E-state index contributed by atoms with van der Waals surface area (Å²) >= 11 is 0. The standard InChI is InChI=1S/C18H24N2O2/c1-12-7-13(2)9-16(8-12)20-11-14(10-17(20)21)18(22)19-15-5-3-4-6-15/h7-9,14-15H,3-6,10-11H2,1-2H3,(H,19,22). The summed E-state index contributed by atoms with van der Waals surface area (Å²) in [5.74, 6) is -0.113. The van der Waals surface area contributed by atoms with Crippen molar-refractivity contribution in [3.8, 4) is 0 Å². The number of nitrogens with zero attached hydrogens (tertiary/aromatic N) is 1. The third-order valence-corrected chi connectivity index (χ3v) is 4.72. The van der Waals surface area contributed by atoms with Crippen LogP contribution in [-0.4, -0.2) is 24.4 Å². The predicted molar refractivity (Wildman–Crippen MR) is 86.8 cm³/mol. The van der Waals surface area contributed by atoms with Gasteiger partial charge in [0.2, 0.25) is 11.8 Å². The summed E-state index contributed by atoms with van der Waals surface area (Å²) in [5.41, 5.74) is 3.20. The minimum Gasteiger partial charge on any atom is -0.353 e. The Morgan fingerprint density at radius 3 is 2.41 bits per heavy atom. The Balaban J connectivity index is 1.68. The first-order valence-electron chi connectivity index (χ1n) is 8.22. The minimum atomic E-state index is -0.214. The average Bonchev–Trinajstić information content (AvgIpc) is 3.07. The second kappa shape index (κ2) is 6.11. The maximum absolute atomic E-state index is 12.4. The van der Waals surface area contributed by atoms with Crippen LogP contribution < -0.4 is 10.2 Å². The lowest BCUT2D eigenvalue weighted by Crippen LogP contribution is -2.38. The van der Waals surface area contributed by atoms with E-state index in [4.69, 9.17) is 0 Å². The molecule has 1 saturated carbocycles. The Bertz CT molecular complexity index is 570. The molecule has 1 atom stereocenters. The van der Waals surface area contributed by atoms with Crippen LogP contribution in [0.4, 0.5) is 5.69 Å². The van der Waals surface area contributed by atoms with E-state index < -0.39 is 0 Å². The lowest BCUT2D eigenvalue weighted by molar-refractivity contribution is -0.126. The topological polar surface area (TPSA) is 49.4 Å². The van der Waals surface area contributed by atoms with E-state index in [1.54, 1.807) is 4.90 Å². The fourth-order valence-corrected chi connectivity index (χ4v) is 3.63. The number of carbonyl (C=O) groups is 2. The van der Waals surface area contributed by atoms with Gasteiger partial charge in [-0.2, -0.15) is 0 Å². The first kappa shape index (κ1) is 15.1. The van der Waals surface area contributed by atoms with Crippen LogP contribution in [0.5, 0.6) is 0 Å².